The fourth-order valence-electron chi connectivity index (χ4n) is 2.79. The Morgan fingerprint density at radius 3 is 2.61 bits per heavy atom. The average Bonchev–Trinajstić information content (AvgIpc) is 2.72. The van der Waals surface area contributed by atoms with Gasteiger partial charge in [-0.2, -0.15) is 5.26 Å². The standard InChI is InChI=1S/C21H23N7/c1-15-13-26-21(24-11-9-16-7-8-19(25-14-16)28(2)3)27-20(15)17(12-22)18-6-4-5-10-23-18/h4-8,10,13-14,17H,9,11H2,1-3H3,(H,24,26,27). The number of nitrogens with zero attached hydrogens (tertiary/aromatic N) is 6. The van der Waals surface area contributed by atoms with Crippen molar-refractivity contribution in [1.29, 1.82) is 5.26 Å². The molecular weight excluding hydrogens is 350 g/mol. The number of hydrogen-bond acceptors (Lipinski definition) is 7. The van der Waals surface area contributed by atoms with Crippen molar-refractivity contribution in [3.8, 4) is 6.07 Å². The van der Waals surface area contributed by atoms with Crippen LogP contribution < -0.4 is 10.2 Å². The maximum Gasteiger partial charge on any atom is 0.222 e. The molecule has 7 heteroatoms. The van der Waals surface area contributed by atoms with Crippen LogP contribution in [0.2, 0.25) is 0 Å². The zero-order valence-corrected chi connectivity index (χ0v) is 16.3. The van der Waals surface area contributed by atoms with Crippen LogP contribution in [0.25, 0.3) is 0 Å². The Morgan fingerprint density at radius 1 is 1.11 bits per heavy atom. The summed E-state index contributed by atoms with van der Waals surface area (Å²) in [7, 11) is 3.94. The van der Waals surface area contributed by atoms with Gasteiger partial charge in [0.25, 0.3) is 0 Å². The molecule has 3 rings (SSSR count). The van der Waals surface area contributed by atoms with Gasteiger partial charge in [-0.15, -0.1) is 0 Å². The average molecular weight is 373 g/mol. The molecule has 7 nitrogen and oxygen atoms in total. The van der Waals surface area contributed by atoms with Crippen molar-refractivity contribution < 1.29 is 0 Å². The van der Waals surface area contributed by atoms with Crippen molar-refractivity contribution in [2.75, 3.05) is 30.9 Å². The van der Waals surface area contributed by atoms with Gasteiger partial charge < -0.3 is 10.2 Å². The Bertz CT molecular complexity index is 947. The summed E-state index contributed by atoms with van der Waals surface area (Å²) in [6.07, 6.45) is 6.11. The van der Waals surface area contributed by atoms with E-state index in [0.717, 1.165) is 23.4 Å². The van der Waals surface area contributed by atoms with Crippen molar-refractivity contribution in [3.63, 3.8) is 0 Å². The molecule has 0 spiro atoms. The Hall–Kier alpha value is -3.53. The third-order valence-corrected chi connectivity index (χ3v) is 4.36. The first-order valence-corrected chi connectivity index (χ1v) is 9.08. The summed E-state index contributed by atoms with van der Waals surface area (Å²) in [5.41, 5.74) is 3.36. The molecule has 0 fully saturated rings. The lowest BCUT2D eigenvalue weighted by Crippen LogP contribution is -2.13. The molecule has 28 heavy (non-hydrogen) atoms. The molecule has 0 aliphatic heterocycles. The second-order valence-corrected chi connectivity index (χ2v) is 6.67. The zero-order valence-electron chi connectivity index (χ0n) is 16.3. The Labute approximate surface area is 165 Å². The van der Waals surface area contributed by atoms with E-state index in [1.54, 1.807) is 12.4 Å². The van der Waals surface area contributed by atoms with Crippen LogP contribution in [0.1, 0.15) is 28.4 Å². The summed E-state index contributed by atoms with van der Waals surface area (Å²) in [5, 5.41) is 12.9. The van der Waals surface area contributed by atoms with E-state index in [4.69, 9.17) is 0 Å². The van der Waals surface area contributed by atoms with Gasteiger partial charge in [-0.3, -0.25) is 4.98 Å². The monoisotopic (exact) mass is 373 g/mol. The molecule has 1 N–H and O–H groups in total. The minimum atomic E-state index is -0.521. The van der Waals surface area contributed by atoms with Crippen molar-refractivity contribution in [1.82, 2.24) is 19.9 Å². The number of nitrogens with one attached hydrogen (secondary N) is 1. The SMILES string of the molecule is Cc1cnc(NCCc2ccc(N(C)C)nc2)nc1C(C#N)c1ccccn1. The summed E-state index contributed by atoms with van der Waals surface area (Å²) < 4.78 is 0. The minimum absolute atomic E-state index is 0.509. The first-order valence-electron chi connectivity index (χ1n) is 9.08. The summed E-state index contributed by atoms with van der Waals surface area (Å²) in [4.78, 5) is 19.6. The van der Waals surface area contributed by atoms with E-state index in [0.29, 0.717) is 23.9 Å². The molecule has 3 aromatic heterocycles. The quantitative estimate of drug-likeness (QED) is 0.681. The van der Waals surface area contributed by atoms with E-state index in [9.17, 15) is 5.26 Å². The van der Waals surface area contributed by atoms with Crippen LogP contribution in [-0.4, -0.2) is 40.6 Å². The molecule has 0 bridgehead atoms. The zero-order chi connectivity index (χ0) is 19.9. The number of nitriles is 1. The van der Waals surface area contributed by atoms with Crippen LogP contribution in [0.3, 0.4) is 0 Å². The van der Waals surface area contributed by atoms with E-state index < -0.39 is 5.92 Å². The topological polar surface area (TPSA) is 90.6 Å². The molecule has 0 amide bonds. The van der Waals surface area contributed by atoms with Crippen LogP contribution >= 0.6 is 0 Å². The normalized spacial score (nSPS) is 11.5. The van der Waals surface area contributed by atoms with E-state index in [1.165, 1.54) is 0 Å². The Morgan fingerprint density at radius 2 is 1.96 bits per heavy atom. The first-order chi connectivity index (χ1) is 13.6. The van der Waals surface area contributed by atoms with E-state index >= 15 is 0 Å². The molecule has 142 valence electrons. The number of anilines is 2. The van der Waals surface area contributed by atoms with Crippen molar-refractivity contribution >= 4 is 11.8 Å². The van der Waals surface area contributed by atoms with E-state index in [-0.39, 0.29) is 0 Å². The molecule has 0 saturated heterocycles. The van der Waals surface area contributed by atoms with Gasteiger partial charge in [-0.05, 0) is 42.7 Å². The number of aromatic nitrogens is 4. The molecule has 3 aromatic rings. The predicted molar refractivity (Wildman–Crippen MR) is 109 cm³/mol. The van der Waals surface area contributed by atoms with Crippen LogP contribution in [0.5, 0.6) is 0 Å². The smallest absolute Gasteiger partial charge is 0.222 e. The third kappa shape index (κ3) is 4.60. The van der Waals surface area contributed by atoms with Crippen molar-refractivity contribution in [2.45, 2.75) is 19.3 Å². The van der Waals surface area contributed by atoms with Gasteiger partial charge in [0.05, 0.1) is 17.5 Å². The molecule has 0 radical (unpaired) electrons. The van der Waals surface area contributed by atoms with E-state index in [1.807, 2.05) is 56.4 Å². The van der Waals surface area contributed by atoms with Crippen LogP contribution in [-0.2, 0) is 6.42 Å². The summed E-state index contributed by atoms with van der Waals surface area (Å²) in [6.45, 7) is 2.58. The predicted octanol–water partition coefficient (Wildman–Crippen LogP) is 2.95. The lowest BCUT2D eigenvalue weighted by atomic mass is 9.99. The van der Waals surface area contributed by atoms with Gasteiger partial charge in [0, 0.05) is 39.2 Å². The second-order valence-electron chi connectivity index (χ2n) is 6.67. The lowest BCUT2D eigenvalue weighted by Gasteiger charge is -2.13. The van der Waals surface area contributed by atoms with Gasteiger partial charge >= 0.3 is 0 Å². The molecule has 3 heterocycles. The number of aryl methyl sites for hydroxylation is 1. The van der Waals surface area contributed by atoms with Crippen LogP contribution in [0.15, 0.2) is 48.9 Å². The summed E-state index contributed by atoms with van der Waals surface area (Å²) in [6, 6.07) is 11.9. The summed E-state index contributed by atoms with van der Waals surface area (Å²) >= 11 is 0. The molecule has 0 saturated carbocycles. The van der Waals surface area contributed by atoms with Gasteiger partial charge in [-0.1, -0.05) is 12.1 Å². The van der Waals surface area contributed by atoms with Gasteiger partial charge in [0.1, 0.15) is 11.7 Å². The highest BCUT2D eigenvalue weighted by Gasteiger charge is 2.19. The fraction of sp³-hybridized carbons (Fsp3) is 0.286. The fourth-order valence-corrected chi connectivity index (χ4v) is 2.79. The van der Waals surface area contributed by atoms with Crippen molar-refractivity contribution in [3.05, 3.63) is 71.4 Å². The molecular formula is C21H23N7. The Kier molecular flexibility index (Phi) is 6.12. The highest BCUT2D eigenvalue weighted by Crippen LogP contribution is 2.23. The van der Waals surface area contributed by atoms with Gasteiger partial charge in [0.2, 0.25) is 5.95 Å². The largest absolute Gasteiger partial charge is 0.363 e. The molecule has 1 atom stereocenters. The molecule has 1 unspecified atom stereocenters. The second kappa shape index (κ2) is 8.91. The highest BCUT2D eigenvalue weighted by atomic mass is 15.1. The molecule has 0 aromatic carbocycles. The third-order valence-electron chi connectivity index (χ3n) is 4.36. The van der Waals surface area contributed by atoms with Gasteiger partial charge in [-0.25, -0.2) is 15.0 Å². The highest BCUT2D eigenvalue weighted by molar-refractivity contribution is 5.39. The minimum Gasteiger partial charge on any atom is -0.363 e. The summed E-state index contributed by atoms with van der Waals surface area (Å²) in [5.74, 6) is 0.919. The van der Waals surface area contributed by atoms with Crippen LogP contribution in [0, 0.1) is 18.3 Å². The van der Waals surface area contributed by atoms with E-state index in [2.05, 4.69) is 37.4 Å². The maximum absolute atomic E-state index is 9.65. The van der Waals surface area contributed by atoms with Crippen LogP contribution in [0.4, 0.5) is 11.8 Å². The maximum atomic E-state index is 9.65. The lowest BCUT2D eigenvalue weighted by molar-refractivity contribution is 0.878. The molecule has 0 aliphatic rings. The van der Waals surface area contributed by atoms with Gasteiger partial charge in [0.15, 0.2) is 0 Å². The first kappa shape index (κ1) is 19.2. The number of pyridine rings is 2. The van der Waals surface area contributed by atoms with Crippen molar-refractivity contribution in [2.24, 2.45) is 0 Å². The Balaban J connectivity index is 1.68. The molecule has 0 aliphatic carbocycles. The number of hydrogen-bond donors (Lipinski definition) is 1. The number of rotatable bonds is 7.